The van der Waals surface area contributed by atoms with Crippen molar-refractivity contribution in [1.82, 2.24) is 4.98 Å². The zero-order valence-electron chi connectivity index (χ0n) is 10.7. The maximum absolute atomic E-state index is 12.0. The lowest BCUT2D eigenvalue weighted by Gasteiger charge is -2.10. The number of nitrogen functional groups attached to an aromatic ring is 1. The van der Waals surface area contributed by atoms with Crippen LogP contribution < -0.4 is 10.5 Å². The molecule has 0 saturated heterocycles. The monoisotopic (exact) mass is 278 g/mol. The van der Waals surface area contributed by atoms with Gasteiger partial charge in [0.15, 0.2) is 0 Å². The fraction of sp³-hybridized carbons (Fsp3) is 0.231. The van der Waals surface area contributed by atoms with E-state index in [2.05, 4.69) is 4.98 Å². The number of rotatable bonds is 4. The van der Waals surface area contributed by atoms with Crippen LogP contribution >= 0.6 is 11.3 Å². The van der Waals surface area contributed by atoms with Gasteiger partial charge < -0.3 is 15.2 Å². The first-order valence-corrected chi connectivity index (χ1v) is 6.50. The number of carbonyl (C=O) groups excluding carboxylic acids is 1. The molecule has 0 spiro atoms. The van der Waals surface area contributed by atoms with Crippen molar-refractivity contribution in [2.24, 2.45) is 0 Å². The molecule has 0 aliphatic rings. The Balaban J connectivity index is 2.12. The van der Waals surface area contributed by atoms with Crippen LogP contribution in [0, 0.1) is 6.92 Å². The van der Waals surface area contributed by atoms with Crippen molar-refractivity contribution in [2.45, 2.75) is 13.5 Å². The Morgan fingerprint density at radius 1 is 1.47 bits per heavy atom. The van der Waals surface area contributed by atoms with Crippen molar-refractivity contribution in [3.63, 3.8) is 0 Å². The molecule has 0 aliphatic carbocycles. The first-order chi connectivity index (χ1) is 9.11. The molecule has 0 fully saturated rings. The quantitative estimate of drug-likeness (QED) is 0.686. The Morgan fingerprint density at radius 2 is 2.26 bits per heavy atom. The number of aromatic nitrogens is 1. The van der Waals surface area contributed by atoms with E-state index in [9.17, 15) is 4.79 Å². The molecule has 0 amide bonds. The van der Waals surface area contributed by atoms with E-state index in [0.717, 1.165) is 10.7 Å². The first-order valence-electron chi connectivity index (χ1n) is 5.62. The lowest BCUT2D eigenvalue weighted by molar-refractivity contribution is 0.0470. The Morgan fingerprint density at radius 3 is 2.89 bits per heavy atom. The second-order valence-electron chi connectivity index (χ2n) is 3.88. The number of hydrogen-bond donors (Lipinski definition) is 1. The molecule has 0 saturated carbocycles. The average Bonchev–Trinajstić information content (AvgIpc) is 2.81. The highest BCUT2D eigenvalue weighted by atomic mass is 32.1. The van der Waals surface area contributed by atoms with Gasteiger partial charge in [-0.1, -0.05) is 6.07 Å². The van der Waals surface area contributed by atoms with E-state index in [1.54, 1.807) is 18.2 Å². The number of anilines is 1. The molecule has 100 valence electrons. The number of ether oxygens (including phenoxy) is 2. The summed E-state index contributed by atoms with van der Waals surface area (Å²) in [5, 5.41) is 2.65. The summed E-state index contributed by atoms with van der Waals surface area (Å²) >= 11 is 1.45. The van der Waals surface area contributed by atoms with Gasteiger partial charge in [0, 0.05) is 16.8 Å². The molecule has 6 heteroatoms. The first kappa shape index (κ1) is 13.4. The van der Waals surface area contributed by atoms with Crippen molar-refractivity contribution >= 4 is 23.0 Å². The van der Waals surface area contributed by atoms with E-state index in [1.165, 1.54) is 18.4 Å². The van der Waals surface area contributed by atoms with Crippen molar-refractivity contribution in [3.05, 3.63) is 39.8 Å². The van der Waals surface area contributed by atoms with E-state index in [0.29, 0.717) is 11.4 Å². The van der Waals surface area contributed by atoms with Crippen LogP contribution in [0.3, 0.4) is 0 Å². The van der Waals surface area contributed by atoms with Crippen LogP contribution in [0.1, 0.15) is 21.1 Å². The van der Waals surface area contributed by atoms with Crippen LogP contribution in [0.4, 0.5) is 5.69 Å². The van der Waals surface area contributed by atoms with Crippen molar-refractivity contribution < 1.29 is 14.3 Å². The van der Waals surface area contributed by atoms with Crippen LogP contribution in [0.15, 0.2) is 23.6 Å². The molecule has 0 atom stereocenters. The number of aryl methyl sites for hydroxylation is 1. The highest BCUT2D eigenvalue weighted by molar-refractivity contribution is 7.09. The molecule has 2 N–H and O–H groups in total. The van der Waals surface area contributed by atoms with Gasteiger partial charge in [-0.05, 0) is 19.1 Å². The van der Waals surface area contributed by atoms with Gasteiger partial charge >= 0.3 is 5.97 Å². The third-order valence-corrected chi connectivity index (χ3v) is 3.42. The molecule has 0 bridgehead atoms. The number of esters is 1. The van der Waals surface area contributed by atoms with Crippen LogP contribution in [-0.2, 0) is 11.3 Å². The Kier molecular flexibility index (Phi) is 4.01. The van der Waals surface area contributed by atoms with Gasteiger partial charge in [0.2, 0.25) is 0 Å². The topological polar surface area (TPSA) is 74.4 Å². The van der Waals surface area contributed by atoms with Crippen molar-refractivity contribution in [3.8, 4) is 5.75 Å². The van der Waals surface area contributed by atoms with E-state index >= 15 is 0 Å². The van der Waals surface area contributed by atoms with Gasteiger partial charge in [-0.3, -0.25) is 0 Å². The molecule has 19 heavy (non-hydrogen) atoms. The summed E-state index contributed by atoms with van der Waals surface area (Å²) in [6.07, 6.45) is 0. The predicted octanol–water partition coefficient (Wildman–Crippen LogP) is 2.40. The van der Waals surface area contributed by atoms with Crippen LogP contribution in [0.25, 0.3) is 0 Å². The third kappa shape index (κ3) is 3.03. The lowest BCUT2D eigenvalue weighted by atomic mass is 10.1. The smallest absolute Gasteiger partial charge is 0.344 e. The van der Waals surface area contributed by atoms with E-state index in [4.69, 9.17) is 15.2 Å². The lowest BCUT2D eigenvalue weighted by Crippen LogP contribution is -2.10. The number of methoxy groups -OCH3 is 1. The summed E-state index contributed by atoms with van der Waals surface area (Å²) in [7, 11) is 1.48. The van der Waals surface area contributed by atoms with Gasteiger partial charge in [0.1, 0.15) is 22.9 Å². The summed E-state index contributed by atoms with van der Waals surface area (Å²) in [4.78, 5) is 16.2. The number of hydrogen-bond acceptors (Lipinski definition) is 6. The zero-order valence-corrected chi connectivity index (χ0v) is 11.5. The average molecular weight is 278 g/mol. The summed E-state index contributed by atoms with van der Waals surface area (Å²) in [6.45, 7) is 2.02. The van der Waals surface area contributed by atoms with E-state index < -0.39 is 5.97 Å². The Hall–Kier alpha value is -2.08. The normalized spacial score (nSPS) is 10.2. The molecule has 0 radical (unpaired) electrons. The minimum absolute atomic E-state index is 0.134. The molecule has 2 aromatic rings. The van der Waals surface area contributed by atoms with Crippen molar-refractivity contribution in [1.29, 1.82) is 0 Å². The summed E-state index contributed by atoms with van der Waals surface area (Å²) in [5.74, 6) is -0.108. The minimum Gasteiger partial charge on any atom is -0.496 e. The zero-order chi connectivity index (χ0) is 13.8. The van der Waals surface area contributed by atoms with Crippen molar-refractivity contribution in [2.75, 3.05) is 12.8 Å². The van der Waals surface area contributed by atoms with E-state index in [1.807, 2.05) is 12.3 Å². The third-order valence-electron chi connectivity index (χ3n) is 2.48. The molecule has 1 heterocycles. The maximum atomic E-state index is 12.0. The highest BCUT2D eigenvalue weighted by Crippen LogP contribution is 2.25. The molecular formula is C13H14N2O3S. The van der Waals surface area contributed by atoms with Gasteiger partial charge in [-0.2, -0.15) is 0 Å². The SMILES string of the molecule is COc1cccc(N)c1C(=O)OCc1nc(C)cs1. The van der Waals surface area contributed by atoms with Gasteiger partial charge in [-0.15, -0.1) is 11.3 Å². The van der Waals surface area contributed by atoms with E-state index in [-0.39, 0.29) is 12.2 Å². The van der Waals surface area contributed by atoms with Crippen LogP contribution in [0.5, 0.6) is 5.75 Å². The van der Waals surface area contributed by atoms with Gasteiger partial charge in [0.25, 0.3) is 0 Å². The Bertz CT molecular complexity index is 595. The highest BCUT2D eigenvalue weighted by Gasteiger charge is 2.17. The van der Waals surface area contributed by atoms with Crippen LogP contribution in [-0.4, -0.2) is 18.1 Å². The summed E-state index contributed by atoms with van der Waals surface area (Å²) < 4.78 is 10.3. The molecular weight excluding hydrogens is 264 g/mol. The number of nitrogens with zero attached hydrogens (tertiary/aromatic N) is 1. The van der Waals surface area contributed by atoms with Gasteiger partial charge in [-0.25, -0.2) is 9.78 Å². The van der Waals surface area contributed by atoms with Gasteiger partial charge in [0.05, 0.1) is 7.11 Å². The number of nitrogens with two attached hydrogens (primary N) is 1. The second kappa shape index (κ2) is 5.71. The predicted molar refractivity (Wildman–Crippen MR) is 73.4 cm³/mol. The molecule has 2 rings (SSSR count). The largest absolute Gasteiger partial charge is 0.496 e. The number of benzene rings is 1. The second-order valence-corrected chi connectivity index (χ2v) is 4.83. The van der Waals surface area contributed by atoms with Crippen LogP contribution in [0.2, 0.25) is 0 Å². The number of carbonyl (C=O) groups is 1. The fourth-order valence-electron chi connectivity index (χ4n) is 1.61. The fourth-order valence-corrected chi connectivity index (χ4v) is 2.29. The molecule has 0 aliphatic heterocycles. The molecule has 5 nitrogen and oxygen atoms in total. The number of thiazole rings is 1. The summed E-state index contributed by atoms with van der Waals surface area (Å²) in [6, 6.07) is 5.02. The molecule has 0 unspecified atom stereocenters. The standard InChI is InChI=1S/C13H14N2O3S/c1-8-7-19-11(15-8)6-18-13(16)12-9(14)4-3-5-10(12)17-2/h3-5,7H,6,14H2,1-2H3. The molecule has 1 aromatic carbocycles. The Labute approximate surface area is 115 Å². The maximum Gasteiger partial charge on any atom is 0.344 e. The minimum atomic E-state index is -0.511. The summed E-state index contributed by atoms with van der Waals surface area (Å²) in [5.41, 5.74) is 7.27. The molecule has 1 aromatic heterocycles.